The van der Waals surface area contributed by atoms with Gasteiger partial charge < -0.3 is 20.3 Å². The van der Waals surface area contributed by atoms with Gasteiger partial charge in [0.15, 0.2) is 0 Å². The number of urea groups is 1. The summed E-state index contributed by atoms with van der Waals surface area (Å²) in [7, 11) is 0. The molecule has 3 rings (SSSR count). The minimum atomic E-state index is 0.159. The minimum Gasteiger partial charge on any atom is -0.379 e. The Morgan fingerprint density at radius 3 is 2.36 bits per heavy atom. The molecular weight excluding hydrogens is 316 g/mol. The average molecular weight is 353 g/mol. The molecule has 6 nitrogen and oxygen atoms in total. The first-order valence-electron chi connectivity index (χ1n) is 10.3. The molecule has 3 aliphatic rings. The number of carbonyl (C=O) groups is 1. The first-order valence-corrected chi connectivity index (χ1v) is 10.3. The van der Waals surface area contributed by atoms with Crippen LogP contribution in [0.3, 0.4) is 0 Å². The molecule has 6 heteroatoms. The fourth-order valence-electron chi connectivity index (χ4n) is 4.39. The molecule has 2 aliphatic heterocycles. The molecule has 2 amide bonds. The van der Waals surface area contributed by atoms with E-state index in [4.69, 9.17) is 4.74 Å². The van der Waals surface area contributed by atoms with Crippen molar-refractivity contribution < 1.29 is 9.53 Å². The molecule has 0 unspecified atom stereocenters. The fourth-order valence-corrected chi connectivity index (χ4v) is 4.39. The van der Waals surface area contributed by atoms with E-state index >= 15 is 0 Å². The molecule has 1 saturated carbocycles. The van der Waals surface area contributed by atoms with Crippen molar-refractivity contribution >= 4 is 6.03 Å². The molecule has 25 heavy (non-hydrogen) atoms. The number of likely N-dealkylation sites (tertiary alicyclic amines) is 1. The summed E-state index contributed by atoms with van der Waals surface area (Å²) in [5.74, 6) is 0. The number of piperidine rings is 1. The normalized spacial score (nSPS) is 25.7. The molecule has 0 bridgehead atoms. The molecule has 3 fully saturated rings. The Labute approximate surface area is 152 Å². The van der Waals surface area contributed by atoms with Crippen molar-refractivity contribution in [1.82, 2.24) is 20.4 Å². The highest BCUT2D eigenvalue weighted by molar-refractivity contribution is 5.74. The maximum absolute atomic E-state index is 12.4. The van der Waals surface area contributed by atoms with E-state index in [1.165, 1.54) is 19.3 Å². The van der Waals surface area contributed by atoms with Crippen LogP contribution in [0.25, 0.3) is 0 Å². The molecule has 1 aliphatic carbocycles. The lowest BCUT2D eigenvalue weighted by Gasteiger charge is -2.36. The van der Waals surface area contributed by atoms with Crippen LogP contribution in [0.15, 0.2) is 0 Å². The Hall–Kier alpha value is -0.850. The number of amides is 2. The second-order valence-electron chi connectivity index (χ2n) is 8.03. The Morgan fingerprint density at radius 1 is 1.00 bits per heavy atom. The van der Waals surface area contributed by atoms with Crippen molar-refractivity contribution in [1.29, 1.82) is 0 Å². The third-order valence-corrected chi connectivity index (χ3v) is 5.87. The van der Waals surface area contributed by atoms with E-state index in [1.54, 1.807) is 0 Å². The highest BCUT2D eigenvalue weighted by atomic mass is 16.5. The van der Waals surface area contributed by atoms with Crippen LogP contribution < -0.4 is 10.6 Å². The molecule has 2 saturated heterocycles. The summed E-state index contributed by atoms with van der Waals surface area (Å²) >= 11 is 0. The maximum atomic E-state index is 12.4. The standard InChI is InChI=1S/C19H36N4O2/c1-16(15-22-11-13-25-14-12-22)20-18-7-9-23(10-8-18)19(24)21-17-5-3-2-4-6-17/h16-18,20H,2-15H2,1H3,(H,21,24)/t16-/m0/s1. The number of hydrogen-bond donors (Lipinski definition) is 2. The van der Waals surface area contributed by atoms with Crippen LogP contribution in [0.1, 0.15) is 51.9 Å². The number of morpholine rings is 1. The summed E-state index contributed by atoms with van der Waals surface area (Å²) in [6.07, 6.45) is 8.28. The zero-order chi connectivity index (χ0) is 17.5. The van der Waals surface area contributed by atoms with Gasteiger partial charge in [-0.15, -0.1) is 0 Å². The van der Waals surface area contributed by atoms with Crippen molar-refractivity contribution in [2.24, 2.45) is 0 Å². The van der Waals surface area contributed by atoms with E-state index in [9.17, 15) is 4.79 Å². The van der Waals surface area contributed by atoms with Gasteiger partial charge in [0.1, 0.15) is 0 Å². The molecule has 1 atom stereocenters. The lowest BCUT2D eigenvalue weighted by atomic mass is 9.95. The summed E-state index contributed by atoms with van der Waals surface area (Å²) in [5.41, 5.74) is 0. The fraction of sp³-hybridized carbons (Fsp3) is 0.947. The number of rotatable bonds is 5. The van der Waals surface area contributed by atoms with E-state index in [-0.39, 0.29) is 6.03 Å². The topological polar surface area (TPSA) is 56.8 Å². The Morgan fingerprint density at radius 2 is 1.68 bits per heavy atom. The van der Waals surface area contributed by atoms with Gasteiger partial charge in [-0.05, 0) is 32.6 Å². The Kier molecular flexibility index (Phi) is 7.37. The smallest absolute Gasteiger partial charge is 0.317 e. The van der Waals surface area contributed by atoms with Crippen molar-refractivity contribution in [3.05, 3.63) is 0 Å². The van der Waals surface area contributed by atoms with E-state index in [0.29, 0.717) is 18.1 Å². The Bertz CT molecular complexity index is 400. The zero-order valence-corrected chi connectivity index (χ0v) is 15.8. The summed E-state index contributed by atoms with van der Waals surface area (Å²) in [6, 6.07) is 1.60. The van der Waals surface area contributed by atoms with Crippen LogP contribution >= 0.6 is 0 Å². The number of ether oxygens (including phenoxy) is 1. The molecule has 0 spiro atoms. The van der Waals surface area contributed by atoms with Crippen molar-refractivity contribution in [3.8, 4) is 0 Å². The molecule has 0 aromatic rings. The number of nitrogens with one attached hydrogen (secondary N) is 2. The monoisotopic (exact) mass is 352 g/mol. The summed E-state index contributed by atoms with van der Waals surface area (Å²) in [5, 5.41) is 7.01. The molecule has 0 radical (unpaired) electrons. The lowest BCUT2D eigenvalue weighted by Crippen LogP contribution is -2.53. The summed E-state index contributed by atoms with van der Waals surface area (Å²) in [6.45, 7) is 8.93. The van der Waals surface area contributed by atoms with E-state index in [0.717, 1.165) is 71.6 Å². The van der Waals surface area contributed by atoms with Crippen LogP contribution in [0, 0.1) is 0 Å². The highest BCUT2D eigenvalue weighted by Gasteiger charge is 2.26. The number of nitrogens with zero attached hydrogens (tertiary/aromatic N) is 2. The second-order valence-corrected chi connectivity index (χ2v) is 8.03. The van der Waals surface area contributed by atoms with E-state index < -0.39 is 0 Å². The van der Waals surface area contributed by atoms with Gasteiger partial charge in [-0.3, -0.25) is 4.90 Å². The molecule has 0 aromatic heterocycles. The van der Waals surface area contributed by atoms with Gasteiger partial charge in [0, 0.05) is 50.8 Å². The number of hydrogen-bond acceptors (Lipinski definition) is 4. The van der Waals surface area contributed by atoms with Gasteiger partial charge in [-0.25, -0.2) is 4.79 Å². The van der Waals surface area contributed by atoms with E-state index in [2.05, 4.69) is 22.5 Å². The molecule has 2 N–H and O–H groups in total. The Balaban J connectivity index is 1.32. The van der Waals surface area contributed by atoms with Crippen LogP contribution in [0.2, 0.25) is 0 Å². The lowest BCUT2D eigenvalue weighted by molar-refractivity contribution is 0.0334. The summed E-state index contributed by atoms with van der Waals surface area (Å²) < 4.78 is 5.41. The van der Waals surface area contributed by atoms with Crippen LogP contribution in [-0.2, 0) is 4.74 Å². The predicted octanol–water partition coefficient (Wildman–Crippen LogP) is 1.80. The molecule has 2 heterocycles. The van der Waals surface area contributed by atoms with Gasteiger partial charge in [0.05, 0.1) is 13.2 Å². The van der Waals surface area contributed by atoms with Crippen LogP contribution in [-0.4, -0.2) is 79.9 Å². The average Bonchev–Trinajstić information content (AvgIpc) is 2.64. The van der Waals surface area contributed by atoms with Crippen LogP contribution in [0.4, 0.5) is 4.79 Å². The van der Waals surface area contributed by atoms with Crippen molar-refractivity contribution in [2.45, 2.75) is 70.0 Å². The van der Waals surface area contributed by atoms with Gasteiger partial charge in [0.25, 0.3) is 0 Å². The van der Waals surface area contributed by atoms with Gasteiger partial charge in [0.2, 0.25) is 0 Å². The first-order chi connectivity index (χ1) is 12.2. The van der Waals surface area contributed by atoms with Gasteiger partial charge in [-0.2, -0.15) is 0 Å². The van der Waals surface area contributed by atoms with Gasteiger partial charge >= 0.3 is 6.03 Å². The minimum absolute atomic E-state index is 0.159. The molecule has 0 aromatic carbocycles. The molecular formula is C19H36N4O2. The maximum Gasteiger partial charge on any atom is 0.317 e. The van der Waals surface area contributed by atoms with Crippen LogP contribution in [0.5, 0.6) is 0 Å². The number of carbonyl (C=O) groups excluding carboxylic acids is 1. The molecule has 144 valence electrons. The third-order valence-electron chi connectivity index (χ3n) is 5.87. The third kappa shape index (κ3) is 6.12. The second kappa shape index (κ2) is 9.74. The SMILES string of the molecule is C[C@@H](CN1CCOCC1)NC1CCN(C(=O)NC2CCCCC2)CC1. The van der Waals surface area contributed by atoms with Crippen molar-refractivity contribution in [2.75, 3.05) is 45.9 Å². The van der Waals surface area contributed by atoms with Gasteiger partial charge in [-0.1, -0.05) is 19.3 Å². The highest BCUT2D eigenvalue weighted by Crippen LogP contribution is 2.18. The summed E-state index contributed by atoms with van der Waals surface area (Å²) in [4.78, 5) is 16.9. The van der Waals surface area contributed by atoms with E-state index in [1.807, 2.05) is 4.90 Å². The largest absolute Gasteiger partial charge is 0.379 e. The predicted molar refractivity (Wildman–Crippen MR) is 99.9 cm³/mol. The quantitative estimate of drug-likeness (QED) is 0.792. The first kappa shape index (κ1) is 18.9. The van der Waals surface area contributed by atoms with Crippen molar-refractivity contribution in [3.63, 3.8) is 0 Å². The zero-order valence-electron chi connectivity index (χ0n) is 15.8.